The summed E-state index contributed by atoms with van der Waals surface area (Å²) in [7, 11) is 1.40. The number of allylic oxidation sites excluding steroid dienone is 2. The number of hydrogen-bond donors (Lipinski definition) is 1. The van der Waals surface area contributed by atoms with Gasteiger partial charge in [0.2, 0.25) is 0 Å². The Balaban J connectivity index is 1.29. The van der Waals surface area contributed by atoms with Crippen molar-refractivity contribution in [1.29, 1.82) is 0 Å². The Hall–Kier alpha value is -3.21. The molecular weight excluding hydrogens is 666 g/mol. The molecule has 0 amide bonds. The minimum absolute atomic E-state index is 0.0150. The van der Waals surface area contributed by atoms with E-state index in [-0.39, 0.29) is 64.5 Å². The largest absolute Gasteiger partial charge is 0.519 e. The molecule has 1 aliphatic heterocycles. The summed E-state index contributed by atoms with van der Waals surface area (Å²) in [5, 5.41) is 10.3. The van der Waals surface area contributed by atoms with E-state index >= 15 is 0 Å². The molecule has 11 atom stereocenters. The van der Waals surface area contributed by atoms with Gasteiger partial charge >= 0.3 is 23.7 Å². The number of hydrogen-bond acceptors (Lipinski definition) is 10. The van der Waals surface area contributed by atoms with Gasteiger partial charge in [-0.3, -0.25) is 24.1 Å². The standard InChI is InChI=1S/C41H57NO10/c1-23-28(52-35(48)51-23)22-50-34(47)41(7)29-11-14-40(6)31(38(29,4)13-12-30(41)42-19-9-10-26(42)32(44)49-8)27(43)20-24-25-21-37(3,33(45)46)16-15-36(25,2)17-18-39(24,40)5/h20,25-26,29-31H,9-19,21-22H2,1-8H3,(H,45,46)/t25-,26?,29+,30-,31+,36+,37-,38-,39+,40+,41-/m0/s1. The molecule has 6 aliphatic rings. The van der Waals surface area contributed by atoms with Gasteiger partial charge in [0, 0.05) is 12.0 Å². The van der Waals surface area contributed by atoms with Crippen molar-refractivity contribution in [3.05, 3.63) is 33.8 Å². The van der Waals surface area contributed by atoms with Crippen molar-refractivity contribution in [3.8, 4) is 0 Å². The normalized spacial score (nSPS) is 44.4. The smallest absolute Gasteiger partial charge is 0.481 e. The first-order valence-corrected chi connectivity index (χ1v) is 19.4. The van der Waals surface area contributed by atoms with Gasteiger partial charge in [-0.2, -0.15) is 0 Å². The highest BCUT2D eigenvalue weighted by molar-refractivity contribution is 5.96. The second-order valence-electron chi connectivity index (χ2n) is 18.8. The molecule has 1 N–H and O–H groups in total. The summed E-state index contributed by atoms with van der Waals surface area (Å²) in [6.45, 7) is 14.9. The van der Waals surface area contributed by atoms with Gasteiger partial charge in [0.25, 0.3) is 0 Å². The zero-order chi connectivity index (χ0) is 37.8. The average molecular weight is 724 g/mol. The molecule has 5 aliphatic carbocycles. The molecule has 11 heteroatoms. The van der Waals surface area contributed by atoms with Crippen LogP contribution in [0.1, 0.15) is 124 Å². The van der Waals surface area contributed by atoms with Crippen LogP contribution < -0.4 is 5.82 Å². The van der Waals surface area contributed by atoms with Gasteiger partial charge in [-0.15, -0.1) is 0 Å². The van der Waals surface area contributed by atoms with E-state index < -0.39 is 45.5 Å². The SMILES string of the molecule is COC(=O)C1CCCN1[C@H]1CC[C@@]2(C)[C@@H](CC[C@]3(C)[C@@H]2C(=O)C=C2[C@@H]4C[C@@](C)(C(=O)O)CC[C@]4(C)CC[C@]23C)[C@]1(C)C(=O)OCc1oc(=O)oc1C. The zero-order valence-electron chi connectivity index (χ0n) is 32.2. The Bertz CT molecular complexity index is 1780. The van der Waals surface area contributed by atoms with Crippen LogP contribution in [0.3, 0.4) is 0 Å². The number of rotatable bonds is 6. The van der Waals surface area contributed by atoms with Gasteiger partial charge < -0.3 is 23.4 Å². The van der Waals surface area contributed by atoms with Gasteiger partial charge in [0.05, 0.1) is 17.9 Å². The number of aryl methyl sites for hydroxylation is 1. The Labute approximate surface area is 306 Å². The molecule has 52 heavy (non-hydrogen) atoms. The van der Waals surface area contributed by atoms with Crippen LogP contribution in [0.15, 0.2) is 25.3 Å². The highest BCUT2D eigenvalue weighted by atomic mass is 16.6. The number of nitrogens with zero attached hydrogens (tertiary/aromatic N) is 1. The molecule has 0 spiro atoms. The van der Waals surface area contributed by atoms with Crippen LogP contribution in [0, 0.1) is 57.2 Å². The number of carbonyl (C=O) groups excluding carboxylic acids is 3. The highest BCUT2D eigenvalue weighted by Gasteiger charge is 2.72. The van der Waals surface area contributed by atoms with Crippen molar-refractivity contribution in [2.75, 3.05) is 13.7 Å². The number of carboxylic acid groups (broad SMARTS) is 1. The third-order valence-corrected chi connectivity index (χ3v) is 16.5. The van der Waals surface area contributed by atoms with E-state index in [1.807, 2.05) is 19.9 Å². The highest BCUT2D eigenvalue weighted by Crippen LogP contribution is 2.75. The number of carboxylic acids is 1. The quantitative estimate of drug-likeness (QED) is 0.315. The molecule has 4 saturated carbocycles. The van der Waals surface area contributed by atoms with Crippen LogP contribution in [0.4, 0.5) is 0 Å². The first kappa shape index (κ1) is 37.1. The van der Waals surface area contributed by atoms with Crippen molar-refractivity contribution < 1.29 is 42.6 Å². The van der Waals surface area contributed by atoms with Gasteiger partial charge in [-0.1, -0.05) is 33.3 Å². The van der Waals surface area contributed by atoms with Crippen molar-refractivity contribution >= 4 is 23.7 Å². The lowest BCUT2D eigenvalue weighted by Crippen LogP contribution is -2.70. The Morgan fingerprint density at radius 3 is 2.31 bits per heavy atom. The fourth-order valence-electron chi connectivity index (χ4n) is 13.2. The molecule has 7 rings (SSSR count). The van der Waals surface area contributed by atoms with Crippen LogP contribution in [0.25, 0.3) is 0 Å². The van der Waals surface area contributed by atoms with Crippen LogP contribution >= 0.6 is 0 Å². The van der Waals surface area contributed by atoms with Gasteiger partial charge in [0.15, 0.2) is 23.9 Å². The fourth-order valence-corrected chi connectivity index (χ4v) is 13.2. The molecule has 2 heterocycles. The predicted octanol–water partition coefficient (Wildman–Crippen LogP) is 6.64. The van der Waals surface area contributed by atoms with Crippen molar-refractivity contribution in [2.24, 2.45) is 50.2 Å². The lowest BCUT2D eigenvalue weighted by Gasteiger charge is -2.70. The Morgan fingerprint density at radius 2 is 1.65 bits per heavy atom. The van der Waals surface area contributed by atoms with Gasteiger partial charge in [-0.25, -0.2) is 4.79 Å². The van der Waals surface area contributed by atoms with Crippen molar-refractivity contribution in [2.45, 2.75) is 138 Å². The molecular formula is C41H57NO10. The summed E-state index contributed by atoms with van der Waals surface area (Å²) >= 11 is 0. The van der Waals surface area contributed by atoms with E-state index in [9.17, 15) is 29.1 Å². The molecule has 1 saturated heterocycles. The number of ketones is 1. The maximum Gasteiger partial charge on any atom is 0.519 e. The summed E-state index contributed by atoms with van der Waals surface area (Å²) in [6, 6.07) is -0.808. The number of carbonyl (C=O) groups is 4. The maximum absolute atomic E-state index is 15.0. The minimum atomic E-state index is -1.11. The van der Waals surface area contributed by atoms with E-state index in [1.165, 1.54) is 7.11 Å². The van der Waals surface area contributed by atoms with Crippen LogP contribution in [0.5, 0.6) is 0 Å². The zero-order valence-corrected chi connectivity index (χ0v) is 32.2. The first-order chi connectivity index (χ1) is 24.3. The lowest BCUT2D eigenvalue weighted by atomic mass is 9.33. The van der Waals surface area contributed by atoms with Crippen LogP contribution in [0.2, 0.25) is 0 Å². The second-order valence-corrected chi connectivity index (χ2v) is 18.8. The fraction of sp³-hybridized carbons (Fsp3) is 0.780. The summed E-state index contributed by atoms with van der Waals surface area (Å²) < 4.78 is 21.5. The third-order valence-electron chi connectivity index (χ3n) is 16.5. The average Bonchev–Trinajstić information content (AvgIpc) is 3.70. The predicted molar refractivity (Wildman–Crippen MR) is 189 cm³/mol. The summed E-state index contributed by atoms with van der Waals surface area (Å²) in [5.74, 6) is -2.47. The minimum Gasteiger partial charge on any atom is -0.481 e. The van der Waals surface area contributed by atoms with E-state index in [0.29, 0.717) is 45.1 Å². The van der Waals surface area contributed by atoms with Gasteiger partial charge in [0.1, 0.15) is 6.04 Å². The van der Waals surface area contributed by atoms with Gasteiger partial charge in [-0.05, 0) is 138 Å². The summed E-state index contributed by atoms with van der Waals surface area (Å²) in [4.78, 5) is 69.3. The topological polar surface area (TPSA) is 154 Å². The maximum atomic E-state index is 15.0. The monoisotopic (exact) mass is 723 g/mol. The van der Waals surface area contributed by atoms with E-state index in [2.05, 4.69) is 32.6 Å². The molecule has 1 aromatic rings. The van der Waals surface area contributed by atoms with E-state index in [0.717, 1.165) is 37.7 Å². The number of methoxy groups -OCH3 is 1. The third kappa shape index (κ3) is 5.02. The molecule has 5 fully saturated rings. The van der Waals surface area contributed by atoms with Crippen molar-refractivity contribution in [3.63, 3.8) is 0 Å². The molecule has 0 aromatic carbocycles. The Morgan fingerprint density at radius 1 is 0.942 bits per heavy atom. The number of esters is 2. The Kier molecular flexibility index (Phi) is 8.67. The first-order valence-electron chi connectivity index (χ1n) is 19.4. The van der Waals surface area contributed by atoms with Crippen LogP contribution in [-0.4, -0.2) is 59.4 Å². The second kappa shape index (κ2) is 12.2. The number of ether oxygens (including phenoxy) is 2. The number of fused-ring (bicyclic) bond motifs is 7. The van der Waals surface area contributed by atoms with E-state index in [1.54, 1.807) is 6.92 Å². The van der Waals surface area contributed by atoms with Crippen molar-refractivity contribution in [1.82, 2.24) is 4.90 Å². The number of aliphatic carboxylic acids is 1. The molecule has 0 bridgehead atoms. The van der Waals surface area contributed by atoms with E-state index in [4.69, 9.17) is 18.3 Å². The molecule has 286 valence electrons. The molecule has 0 radical (unpaired) electrons. The lowest BCUT2D eigenvalue weighted by molar-refractivity contribution is -0.213. The van der Waals surface area contributed by atoms with Crippen LogP contribution in [-0.2, 0) is 35.3 Å². The molecule has 11 nitrogen and oxygen atoms in total. The molecule has 1 unspecified atom stereocenters. The summed E-state index contributed by atoms with van der Waals surface area (Å²) in [6.07, 6.45) is 10.00. The summed E-state index contributed by atoms with van der Waals surface area (Å²) in [5.41, 5.74) is -2.13. The molecule has 1 aromatic heterocycles. The number of likely N-dealkylation sites (tertiary alicyclic amines) is 1.